The summed E-state index contributed by atoms with van der Waals surface area (Å²) in [5.41, 5.74) is 13.8. The molecule has 160 valence electrons. The molecule has 0 aliphatic heterocycles. The molecule has 4 aliphatic rings. The highest BCUT2D eigenvalue weighted by molar-refractivity contribution is 5.49. The van der Waals surface area contributed by atoms with Crippen LogP contribution in [0.5, 0.6) is 0 Å². The minimum absolute atomic E-state index is 0.0434. The van der Waals surface area contributed by atoms with E-state index in [-0.39, 0.29) is 16.4 Å². The summed E-state index contributed by atoms with van der Waals surface area (Å²) in [6, 6.07) is 0. The molecule has 0 heterocycles. The van der Waals surface area contributed by atoms with E-state index >= 15 is 0 Å². The van der Waals surface area contributed by atoms with Gasteiger partial charge in [-0.3, -0.25) is 0 Å². The lowest BCUT2D eigenvalue weighted by Gasteiger charge is -2.69. The van der Waals surface area contributed by atoms with Crippen molar-refractivity contribution >= 4 is 6.29 Å². The second-order valence-electron chi connectivity index (χ2n) is 11.6. The van der Waals surface area contributed by atoms with Crippen molar-refractivity contribution in [3.63, 3.8) is 0 Å². The van der Waals surface area contributed by atoms with Crippen LogP contribution >= 0.6 is 0 Å². The Morgan fingerprint density at radius 2 is 1.79 bits per heavy atom. The van der Waals surface area contributed by atoms with Crippen molar-refractivity contribution in [1.29, 1.82) is 0 Å². The first kappa shape index (κ1) is 20.8. The molecule has 4 heteroatoms. The first-order chi connectivity index (χ1) is 13.1. The van der Waals surface area contributed by atoms with Crippen LogP contribution in [0.25, 0.3) is 0 Å². The monoisotopic (exact) mass is 390 g/mol. The Morgan fingerprint density at radius 3 is 2.50 bits per heavy atom. The lowest BCUT2D eigenvalue weighted by Crippen LogP contribution is -2.79. The van der Waals surface area contributed by atoms with Crippen molar-refractivity contribution in [1.82, 2.24) is 0 Å². The van der Waals surface area contributed by atoms with Crippen molar-refractivity contribution in [2.45, 2.75) is 109 Å². The summed E-state index contributed by atoms with van der Waals surface area (Å²) < 4.78 is 0. The normalized spacial score (nSPS) is 54.4. The van der Waals surface area contributed by atoms with Crippen LogP contribution in [0, 0.1) is 34.5 Å². The number of aliphatic hydroxyl groups is 1. The van der Waals surface area contributed by atoms with Gasteiger partial charge in [-0.25, -0.2) is 0 Å². The van der Waals surface area contributed by atoms with Crippen LogP contribution in [0.2, 0.25) is 0 Å². The van der Waals surface area contributed by atoms with Crippen LogP contribution in [-0.2, 0) is 4.79 Å². The van der Waals surface area contributed by atoms with Gasteiger partial charge in [0.15, 0.2) is 0 Å². The van der Waals surface area contributed by atoms with Crippen molar-refractivity contribution in [3.8, 4) is 0 Å². The van der Waals surface area contributed by atoms with Gasteiger partial charge >= 0.3 is 0 Å². The zero-order valence-electron chi connectivity index (χ0n) is 18.3. The third-order valence-corrected chi connectivity index (χ3v) is 10.6. The van der Waals surface area contributed by atoms with Gasteiger partial charge in [-0.2, -0.15) is 0 Å². The highest BCUT2D eigenvalue weighted by Gasteiger charge is 2.70. The van der Waals surface area contributed by atoms with Crippen molar-refractivity contribution < 1.29 is 9.90 Å². The van der Waals surface area contributed by atoms with Crippen LogP contribution in [-0.4, -0.2) is 28.6 Å². The number of carbonyl (C=O) groups is 1. The fraction of sp³-hybridized carbons (Fsp3) is 0.958. The van der Waals surface area contributed by atoms with Crippen LogP contribution in [0.3, 0.4) is 0 Å². The minimum Gasteiger partial charge on any atom is -0.391 e. The fourth-order valence-corrected chi connectivity index (χ4v) is 9.04. The molecule has 0 saturated heterocycles. The molecule has 6 unspecified atom stereocenters. The molecular formula is C24H42N2O2. The zero-order valence-corrected chi connectivity index (χ0v) is 18.3. The van der Waals surface area contributed by atoms with E-state index in [1.54, 1.807) is 0 Å². The number of fused-ring (bicyclic) bond motifs is 5. The van der Waals surface area contributed by atoms with Crippen molar-refractivity contribution in [2.24, 2.45) is 46.0 Å². The summed E-state index contributed by atoms with van der Waals surface area (Å²) in [5.74, 6) is 1.83. The molecule has 0 spiro atoms. The molecule has 9 atom stereocenters. The Balaban J connectivity index is 1.68. The van der Waals surface area contributed by atoms with Crippen molar-refractivity contribution in [3.05, 3.63) is 0 Å². The highest BCUT2D eigenvalue weighted by atomic mass is 16.3. The first-order valence-electron chi connectivity index (χ1n) is 11.8. The summed E-state index contributed by atoms with van der Waals surface area (Å²) >= 11 is 0. The molecule has 0 radical (unpaired) electrons. The summed E-state index contributed by atoms with van der Waals surface area (Å²) in [4.78, 5) is 10.9. The summed E-state index contributed by atoms with van der Waals surface area (Å²) in [6.45, 7) is 7.16. The lowest BCUT2D eigenvalue weighted by atomic mass is 9.39. The molecule has 0 bridgehead atoms. The number of carbonyl (C=O) groups excluding carboxylic acids is 1. The van der Waals surface area contributed by atoms with E-state index in [1.807, 2.05) is 0 Å². The Labute approximate surface area is 171 Å². The quantitative estimate of drug-likeness (QED) is 0.637. The largest absolute Gasteiger partial charge is 0.391 e. The van der Waals surface area contributed by atoms with Crippen LogP contribution in [0.4, 0.5) is 0 Å². The summed E-state index contributed by atoms with van der Waals surface area (Å²) in [5, 5.41) is 11.5. The van der Waals surface area contributed by atoms with Crippen LogP contribution in [0.15, 0.2) is 0 Å². The van der Waals surface area contributed by atoms with Gasteiger partial charge in [0.2, 0.25) is 0 Å². The Morgan fingerprint density at radius 1 is 1.07 bits per heavy atom. The average molecular weight is 391 g/mol. The Kier molecular flexibility index (Phi) is 5.04. The number of aliphatic hydroxyl groups excluding tert-OH is 1. The van der Waals surface area contributed by atoms with Gasteiger partial charge in [0.05, 0.1) is 6.10 Å². The number of hydrogen-bond donors (Lipinski definition) is 3. The van der Waals surface area contributed by atoms with Gasteiger partial charge in [-0.1, -0.05) is 33.6 Å². The van der Waals surface area contributed by atoms with Crippen LogP contribution < -0.4 is 11.5 Å². The standard InChI is InChI=1S/C24H42N2O2/c1-16(7-6-14-27)17-8-9-18-21(17,2)13-10-19-22(3)11-4-5-12-23(22,25)15-20(28)24(18,19)26/h14,16-20,28H,4-13,15,25-26H2,1-3H3/t16?,17?,18?,19?,20-,21-,22-,23?,24?/m1/s1. The molecule has 4 saturated carbocycles. The molecule has 0 amide bonds. The molecule has 5 N–H and O–H groups in total. The van der Waals surface area contributed by atoms with Crippen molar-refractivity contribution in [2.75, 3.05) is 0 Å². The summed E-state index contributed by atoms with van der Waals surface area (Å²) in [6.07, 6.45) is 12.0. The van der Waals surface area contributed by atoms with Gasteiger partial charge in [-0.05, 0) is 85.9 Å². The maximum absolute atomic E-state index is 11.5. The predicted molar refractivity (Wildman–Crippen MR) is 113 cm³/mol. The zero-order chi connectivity index (χ0) is 20.4. The SMILES string of the molecule is CC(CCC=O)C1CCC2C3(N)C(CC[C@]12C)[C@@]1(C)CCCCC1(N)C[C@H]3O. The fourth-order valence-electron chi connectivity index (χ4n) is 9.04. The maximum atomic E-state index is 11.5. The Hall–Kier alpha value is -0.450. The van der Waals surface area contributed by atoms with Gasteiger partial charge in [0, 0.05) is 17.5 Å². The topological polar surface area (TPSA) is 89.3 Å². The minimum atomic E-state index is -0.513. The Bertz CT molecular complexity index is 626. The third kappa shape index (κ3) is 2.56. The van der Waals surface area contributed by atoms with E-state index in [4.69, 9.17) is 11.5 Å². The van der Waals surface area contributed by atoms with E-state index < -0.39 is 11.6 Å². The number of hydrogen-bond acceptors (Lipinski definition) is 4. The molecule has 0 aromatic heterocycles. The van der Waals surface area contributed by atoms with E-state index in [0.29, 0.717) is 36.5 Å². The number of nitrogens with two attached hydrogens (primary N) is 2. The van der Waals surface area contributed by atoms with Gasteiger partial charge < -0.3 is 21.4 Å². The average Bonchev–Trinajstić information content (AvgIpc) is 3.00. The number of rotatable bonds is 4. The molecule has 0 aromatic rings. The second kappa shape index (κ2) is 6.78. The van der Waals surface area contributed by atoms with Gasteiger partial charge in [-0.15, -0.1) is 0 Å². The highest BCUT2D eigenvalue weighted by Crippen LogP contribution is 2.69. The molecule has 0 aromatic carbocycles. The van der Waals surface area contributed by atoms with Gasteiger partial charge in [0.1, 0.15) is 6.29 Å². The van der Waals surface area contributed by atoms with Gasteiger partial charge in [0.25, 0.3) is 0 Å². The molecule has 4 rings (SSSR count). The van der Waals surface area contributed by atoms with E-state index in [9.17, 15) is 9.90 Å². The lowest BCUT2D eigenvalue weighted by molar-refractivity contribution is -0.187. The smallest absolute Gasteiger partial charge is 0.120 e. The predicted octanol–water partition coefficient (Wildman–Crippen LogP) is 3.78. The van der Waals surface area contributed by atoms with Crippen LogP contribution in [0.1, 0.15) is 91.4 Å². The van der Waals surface area contributed by atoms with E-state index in [2.05, 4.69) is 20.8 Å². The third-order valence-electron chi connectivity index (χ3n) is 10.6. The molecule has 28 heavy (non-hydrogen) atoms. The first-order valence-corrected chi connectivity index (χ1v) is 11.8. The molecule has 4 aliphatic carbocycles. The maximum Gasteiger partial charge on any atom is 0.120 e. The second-order valence-corrected chi connectivity index (χ2v) is 11.6. The molecular weight excluding hydrogens is 348 g/mol. The number of aldehydes is 1. The molecule has 4 nitrogen and oxygen atoms in total. The van der Waals surface area contributed by atoms with E-state index in [0.717, 1.165) is 38.4 Å². The van der Waals surface area contributed by atoms with E-state index in [1.165, 1.54) is 25.7 Å². The summed E-state index contributed by atoms with van der Waals surface area (Å²) in [7, 11) is 0. The molecule has 4 fully saturated rings.